The molecule has 1 heterocycles. The Balaban J connectivity index is 2.87. The van der Waals surface area contributed by atoms with Crippen LogP contribution in [-0.2, 0) is 0 Å². The summed E-state index contributed by atoms with van der Waals surface area (Å²) in [6.45, 7) is 1.91. The molecule has 0 fully saturated rings. The molecule has 0 aliphatic carbocycles. The Kier molecular flexibility index (Phi) is 2.04. The average Bonchev–Trinajstić information content (AvgIpc) is 1.87. The van der Waals surface area contributed by atoms with Gasteiger partial charge in [0.05, 0.1) is 6.07 Å². The molecule has 1 rings (SSSR count). The fourth-order valence-electron chi connectivity index (χ4n) is 0.638. The molecule has 3 nitrogen and oxygen atoms in total. The van der Waals surface area contributed by atoms with Crippen molar-refractivity contribution >= 4 is 35.1 Å². The third-order valence-electron chi connectivity index (χ3n) is 1.32. The summed E-state index contributed by atoms with van der Waals surface area (Å²) in [6.07, 6.45) is 3.11. The van der Waals surface area contributed by atoms with Crippen molar-refractivity contribution < 1.29 is 0 Å². The minimum absolute atomic E-state index is 0.196. The largest absolute Gasteiger partial charge is 0.255 e. The summed E-state index contributed by atoms with van der Waals surface area (Å²) in [5, 5.41) is 8.61. The molecule has 0 aromatic heterocycles. The van der Waals surface area contributed by atoms with Crippen LogP contribution < -0.4 is 0 Å². The van der Waals surface area contributed by atoms with Gasteiger partial charge in [-0.2, -0.15) is 5.26 Å². The maximum absolute atomic E-state index is 8.61. The van der Waals surface area contributed by atoms with E-state index in [1.54, 1.807) is 6.21 Å². The molecule has 10 heavy (non-hydrogen) atoms. The highest BCUT2D eigenvalue weighted by Gasteiger charge is 2.30. The van der Waals surface area contributed by atoms with Crippen LogP contribution in [0, 0.1) is 17.2 Å². The van der Waals surface area contributed by atoms with Crippen LogP contribution in [0.1, 0.15) is 6.92 Å². The van der Waals surface area contributed by atoms with Crippen molar-refractivity contribution in [2.75, 3.05) is 0 Å². The van der Waals surface area contributed by atoms with Gasteiger partial charge < -0.3 is 0 Å². The highest BCUT2D eigenvalue weighted by molar-refractivity contribution is 14.1. The highest BCUT2D eigenvalue weighted by atomic mass is 127. The minimum Gasteiger partial charge on any atom is -0.255 e. The summed E-state index contributed by atoms with van der Waals surface area (Å²) < 4.78 is -0.325. The predicted molar refractivity (Wildman–Crippen MR) is 48.5 cm³/mol. The Morgan fingerprint density at radius 3 is 2.90 bits per heavy atom. The Labute approximate surface area is 73.0 Å². The third kappa shape index (κ3) is 1.34. The number of alkyl halides is 1. The fourth-order valence-corrected chi connectivity index (χ4v) is 1.06. The minimum atomic E-state index is -0.325. The average molecular weight is 247 g/mol. The fraction of sp³-hybridized carbons (Fsp3) is 0.500. The van der Waals surface area contributed by atoms with E-state index < -0.39 is 0 Å². The third-order valence-corrected chi connectivity index (χ3v) is 2.27. The molecule has 0 aromatic carbocycles. The number of hydrogen-bond acceptors (Lipinski definition) is 3. The smallest absolute Gasteiger partial charge is 0.131 e. The molecule has 1 aliphatic rings. The van der Waals surface area contributed by atoms with Gasteiger partial charge in [-0.05, 0) is 6.92 Å². The Bertz CT molecular complexity index is 224. The predicted octanol–water partition coefficient (Wildman–Crippen LogP) is 1.39. The molecule has 0 N–H and O–H groups in total. The van der Waals surface area contributed by atoms with Gasteiger partial charge in [-0.1, -0.05) is 22.6 Å². The Morgan fingerprint density at radius 1 is 1.80 bits per heavy atom. The normalized spacial score (nSPS) is 37.5. The van der Waals surface area contributed by atoms with Crippen LogP contribution >= 0.6 is 22.6 Å². The maximum Gasteiger partial charge on any atom is 0.131 e. The van der Waals surface area contributed by atoms with E-state index >= 15 is 0 Å². The second-order valence-corrected chi connectivity index (χ2v) is 4.36. The summed E-state index contributed by atoms with van der Waals surface area (Å²) in [6, 6.07) is 2.12. The van der Waals surface area contributed by atoms with E-state index in [-0.39, 0.29) is 9.46 Å². The van der Waals surface area contributed by atoms with Gasteiger partial charge in [-0.15, -0.1) is 0 Å². The number of aliphatic imine (C=N–C) groups is 2. The van der Waals surface area contributed by atoms with E-state index in [9.17, 15) is 0 Å². The summed E-state index contributed by atoms with van der Waals surface area (Å²) >= 11 is 2.14. The Hall–Kier alpha value is -0.440. The van der Waals surface area contributed by atoms with E-state index in [2.05, 4.69) is 38.6 Å². The van der Waals surface area contributed by atoms with Crippen LogP contribution in [0.25, 0.3) is 0 Å². The molecule has 0 saturated heterocycles. The lowest BCUT2D eigenvalue weighted by atomic mass is 10.1. The summed E-state index contributed by atoms with van der Waals surface area (Å²) in [5.74, 6) is -0.196. The zero-order valence-electron chi connectivity index (χ0n) is 5.45. The van der Waals surface area contributed by atoms with E-state index in [1.807, 2.05) is 6.92 Å². The lowest BCUT2D eigenvalue weighted by Crippen LogP contribution is -2.27. The first kappa shape index (κ1) is 7.66. The summed E-state index contributed by atoms with van der Waals surface area (Å²) in [5.41, 5.74) is 0. The van der Waals surface area contributed by atoms with E-state index in [0.717, 1.165) is 0 Å². The van der Waals surface area contributed by atoms with Gasteiger partial charge in [-0.25, -0.2) is 4.99 Å². The first-order valence-electron chi connectivity index (χ1n) is 2.82. The number of nitrogens with zero attached hydrogens (tertiary/aromatic N) is 3. The van der Waals surface area contributed by atoms with Crippen molar-refractivity contribution in [1.82, 2.24) is 0 Å². The van der Waals surface area contributed by atoms with Crippen LogP contribution in [0.2, 0.25) is 0 Å². The monoisotopic (exact) mass is 247 g/mol. The standard InChI is InChI=1S/C6H6IN3/c1-6(7)5(2-8)3-9-4-10-6/h3-5H,1H3. The van der Waals surface area contributed by atoms with Crippen LogP contribution in [0.4, 0.5) is 0 Å². The molecular weight excluding hydrogens is 241 g/mol. The van der Waals surface area contributed by atoms with Crippen LogP contribution in [0.15, 0.2) is 9.98 Å². The second kappa shape index (κ2) is 2.66. The maximum atomic E-state index is 8.61. The van der Waals surface area contributed by atoms with Crippen LogP contribution in [-0.4, -0.2) is 16.1 Å². The van der Waals surface area contributed by atoms with Gasteiger partial charge in [0, 0.05) is 6.21 Å². The van der Waals surface area contributed by atoms with Crippen LogP contribution in [0.3, 0.4) is 0 Å². The molecule has 4 heteroatoms. The van der Waals surface area contributed by atoms with Gasteiger partial charge in [0.15, 0.2) is 0 Å². The summed E-state index contributed by atoms with van der Waals surface area (Å²) in [7, 11) is 0. The first-order valence-corrected chi connectivity index (χ1v) is 3.90. The number of halogens is 1. The molecule has 0 radical (unpaired) electrons. The molecule has 0 amide bonds. The van der Waals surface area contributed by atoms with Crippen LogP contribution in [0.5, 0.6) is 0 Å². The molecule has 0 aromatic rings. The van der Waals surface area contributed by atoms with Gasteiger partial charge >= 0.3 is 0 Å². The van der Waals surface area contributed by atoms with Gasteiger partial charge in [-0.3, -0.25) is 4.99 Å². The SMILES string of the molecule is CC1(I)N=CN=CC1C#N. The van der Waals surface area contributed by atoms with Crippen molar-refractivity contribution in [3.05, 3.63) is 0 Å². The van der Waals surface area contributed by atoms with Gasteiger partial charge in [0.25, 0.3) is 0 Å². The zero-order valence-corrected chi connectivity index (χ0v) is 7.61. The number of nitriles is 1. The topological polar surface area (TPSA) is 48.5 Å². The lowest BCUT2D eigenvalue weighted by molar-refractivity contribution is 0.652. The zero-order chi connectivity index (χ0) is 7.61. The van der Waals surface area contributed by atoms with Crippen molar-refractivity contribution in [3.8, 4) is 6.07 Å². The molecule has 52 valence electrons. The van der Waals surface area contributed by atoms with Crippen molar-refractivity contribution in [1.29, 1.82) is 5.26 Å². The van der Waals surface area contributed by atoms with E-state index in [1.165, 1.54) is 6.34 Å². The van der Waals surface area contributed by atoms with E-state index in [4.69, 9.17) is 5.26 Å². The molecule has 0 bridgehead atoms. The first-order chi connectivity index (χ1) is 4.67. The van der Waals surface area contributed by atoms with Crippen molar-refractivity contribution in [2.24, 2.45) is 15.9 Å². The molecule has 0 saturated carbocycles. The number of rotatable bonds is 0. The molecule has 0 spiro atoms. The van der Waals surface area contributed by atoms with E-state index in [0.29, 0.717) is 0 Å². The highest BCUT2D eigenvalue weighted by Crippen LogP contribution is 2.29. The lowest BCUT2D eigenvalue weighted by Gasteiger charge is -2.21. The number of hydrogen-bond donors (Lipinski definition) is 0. The van der Waals surface area contributed by atoms with Crippen molar-refractivity contribution in [3.63, 3.8) is 0 Å². The Morgan fingerprint density at radius 2 is 2.50 bits per heavy atom. The molecule has 1 aliphatic heterocycles. The van der Waals surface area contributed by atoms with Gasteiger partial charge in [0.2, 0.25) is 0 Å². The quantitative estimate of drug-likeness (QED) is 0.362. The molecular formula is C6H6IN3. The van der Waals surface area contributed by atoms with Gasteiger partial charge in [0.1, 0.15) is 15.8 Å². The molecule has 2 atom stereocenters. The summed E-state index contributed by atoms with van der Waals surface area (Å²) in [4.78, 5) is 7.84. The molecule has 2 unspecified atom stereocenters. The second-order valence-electron chi connectivity index (χ2n) is 2.17. The van der Waals surface area contributed by atoms with Crippen molar-refractivity contribution in [2.45, 2.75) is 10.5 Å².